The fourth-order valence-corrected chi connectivity index (χ4v) is 1.40. The first-order valence-electron chi connectivity index (χ1n) is 5.66. The minimum absolute atomic E-state index is 0.00822. The number of nitrogens with zero attached hydrogens (tertiary/aromatic N) is 2. The first kappa shape index (κ1) is 13.9. The van der Waals surface area contributed by atoms with Gasteiger partial charge in [-0.25, -0.2) is 4.79 Å². The van der Waals surface area contributed by atoms with Crippen LogP contribution in [0.5, 0.6) is 5.75 Å². The number of esters is 1. The summed E-state index contributed by atoms with van der Waals surface area (Å²) in [6, 6.07) is 5.58. The molecule has 1 aromatic heterocycles. The maximum absolute atomic E-state index is 12.0. The zero-order valence-corrected chi connectivity index (χ0v) is 10.4. The molecule has 1 aromatic carbocycles. The molecule has 0 atom stereocenters. The van der Waals surface area contributed by atoms with Gasteiger partial charge in [0, 0.05) is 5.56 Å². The van der Waals surface area contributed by atoms with E-state index in [4.69, 9.17) is 9.26 Å². The van der Waals surface area contributed by atoms with Gasteiger partial charge in [-0.05, 0) is 36.3 Å². The number of rotatable bonds is 5. The van der Waals surface area contributed by atoms with E-state index >= 15 is 0 Å². The number of alkyl halides is 2. The highest BCUT2D eigenvalue weighted by molar-refractivity contribution is 5.85. The van der Waals surface area contributed by atoms with Crippen molar-refractivity contribution in [3.63, 3.8) is 0 Å². The minimum atomic E-state index is -2.89. The maximum atomic E-state index is 12.0. The summed E-state index contributed by atoms with van der Waals surface area (Å²) in [5.74, 6) is -0.805. The van der Waals surface area contributed by atoms with Crippen LogP contribution in [0.2, 0.25) is 0 Å². The van der Waals surface area contributed by atoms with Gasteiger partial charge in [0.2, 0.25) is 0 Å². The van der Waals surface area contributed by atoms with Gasteiger partial charge in [-0.3, -0.25) is 0 Å². The summed E-state index contributed by atoms with van der Waals surface area (Å²) < 4.78 is 37.8. The summed E-state index contributed by atoms with van der Waals surface area (Å²) in [6.45, 7) is -1.04. The Hall–Kier alpha value is -2.51. The lowest BCUT2D eigenvalue weighted by Gasteiger charge is -2.03. The zero-order chi connectivity index (χ0) is 14.5. The van der Waals surface area contributed by atoms with Crippen molar-refractivity contribution in [2.45, 2.75) is 13.5 Å². The van der Waals surface area contributed by atoms with Crippen molar-refractivity contribution in [2.75, 3.05) is 6.61 Å². The van der Waals surface area contributed by atoms with Gasteiger partial charge in [-0.15, -0.1) is 0 Å². The quantitative estimate of drug-likeness (QED) is 0.785. The van der Waals surface area contributed by atoms with Crippen molar-refractivity contribution in [3.05, 3.63) is 30.1 Å². The van der Waals surface area contributed by atoms with Crippen molar-refractivity contribution < 1.29 is 27.6 Å². The molecule has 1 heterocycles. The van der Waals surface area contributed by atoms with Crippen molar-refractivity contribution >= 4 is 5.97 Å². The molecule has 2 rings (SSSR count). The van der Waals surface area contributed by atoms with Gasteiger partial charge in [-0.1, -0.05) is 0 Å². The van der Waals surface area contributed by atoms with Crippen LogP contribution < -0.4 is 4.74 Å². The molecule has 0 fully saturated rings. The van der Waals surface area contributed by atoms with E-state index < -0.39 is 12.6 Å². The SMILES string of the molecule is CCOC(=O)c1noc(-c2ccc(OC(F)F)cc2)n1. The molecule has 0 saturated carbocycles. The molecule has 0 bridgehead atoms. The van der Waals surface area contributed by atoms with Crippen LogP contribution in [0, 0.1) is 0 Å². The van der Waals surface area contributed by atoms with Crippen LogP contribution in [0.15, 0.2) is 28.8 Å². The van der Waals surface area contributed by atoms with Crippen molar-refractivity contribution in [3.8, 4) is 17.2 Å². The summed E-state index contributed by atoms with van der Waals surface area (Å²) in [4.78, 5) is 15.2. The Morgan fingerprint density at radius 1 is 1.35 bits per heavy atom. The molecule has 0 unspecified atom stereocenters. The second kappa shape index (κ2) is 6.09. The number of hydrogen-bond donors (Lipinski definition) is 0. The summed E-state index contributed by atoms with van der Waals surface area (Å²) in [7, 11) is 0. The molecule has 0 radical (unpaired) electrons. The van der Waals surface area contributed by atoms with E-state index in [9.17, 15) is 13.6 Å². The molecule has 8 heteroatoms. The topological polar surface area (TPSA) is 74.5 Å². The van der Waals surface area contributed by atoms with E-state index in [-0.39, 0.29) is 24.1 Å². The number of benzene rings is 1. The number of aromatic nitrogens is 2. The lowest BCUT2D eigenvalue weighted by atomic mass is 10.2. The molecule has 106 valence electrons. The molecule has 0 spiro atoms. The van der Waals surface area contributed by atoms with Crippen LogP contribution >= 0.6 is 0 Å². The lowest BCUT2D eigenvalue weighted by Crippen LogP contribution is -2.06. The van der Waals surface area contributed by atoms with Crippen molar-refractivity contribution in [2.24, 2.45) is 0 Å². The normalized spacial score (nSPS) is 10.6. The molecule has 0 amide bonds. The molecule has 6 nitrogen and oxygen atoms in total. The molecule has 0 aliphatic carbocycles. The van der Waals surface area contributed by atoms with Gasteiger partial charge < -0.3 is 14.0 Å². The van der Waals surface area contributed by atoms with Crippen molar-refractivity contribution in [1.82, 2.24) is 10.1 Å². The molecule has 0 saturated heterocycles. The summed E-state index contributed by atoms with van der Waals surface area (Å²) in [5, 5.41) is 3.47. The van der Waals surface area contributed by atoms with Crippen LogP contribution in [0.1, 0.15) is 17.5 Å². The highest BCUT2D eigenvalue weighted by atomic mass is 19.3. The van der Waals surface area contributed by atoms with Gasteiger partial charge >= 0.3 is 12.6 Å². The number of ether oxygens (including phenoxy) is 2. The summed E-state index contributed by atoms with van der Waals surface area (Å²) in [5.41, 5.74) is 0.467. The molecular formula is C12H10F2N2O4. The third-order valence-electron chi connectivity index (χ3n) is 2.21. The fraction of sp³-hybridized carbons (Fsp3) is 0.250. The van der Waals surface area contributed by atoms with E-state index in [2.05, 4.69) is 14.9 Å². The average molecular weight is 284 g/mol. The Morgan fingerprint density at radius 2 is 2.05 bits per heavy atom. The van der Waals surface area contributed by atoms with Crippen molar-refractivity contribution in [1.29, 1.82) is 0 Å². The van der Waals surface area contributed by atoms with E-state index in [1.807, 2.05) is 0 Å². The standard InChI is InChI=1S/C12H10F2N2O4/c1-2-18-11(17)9-15-10(20-16-9)7-3-5-8(6-4-7)19-12(13)14/h3-6,12H,2H2,1H3. The Bertz CT molecular complexity index is 583. The van der Waals surface area contributed by atoms with Crippen LogP contribution in [-0.4, -0.2) is 29.3 Å². The van der Waals surface area contributed by atoms with Gasteiger partial charge in [-0.2, -0.15) is 13.8 Å². The van der Waals surface area contributed by atoms with Gasteiger partial charge in [0.15, 0.2) is 0 Å². The number of hydrogen-bond acceptors (Lipinski definition) is 6. The molecule has 20 heavy (non-hydrogen) atoms. The predicted molar refractivity (Wildman–Crippen MR) is 62.3 cm³/mol. The van der Waals surface area contributed by atoms with E-state index in [1.54, 1.807) is 6.92 Å². The first-order valence-corrected chi connectivity index (χ1v) is 5.66. The second-order valence-electron chi connectivity index (χ2n) is 3.55. The Morgan fingerprint density at radius 3 is 2.65 bits per heavy atom. The van der Waals surface area contributed by atoms with Crippen LogP contribution in [-0.2, 0) is 4.74 Å². The monoisotopic (exact) mass is 284 g/mol. The van der Waals surface area contributed by atoms with Gasteiger partial charge in [0.05, 0.1) is 6.61 Å². The first-order chi connectivity index (χ1) is 9.60. The predicted octanol–water partition coefficient (Wildman–Crippen LogP) is 2.51. The highest BCUT2D eigenvalue weighted by Gasteiger charge is 2.16. The fourth-order valence-electron chi connectivity index (χ4n) is 1.40. The van der Waals surface area contributed by atoms with Crippen LogP contribution in [0.25, 0.3) is 11.5 Å². The third-order valence-corrected chi connectivity index (χ3v) is 2.21. The average Bonchev–Trinajstić information content (AvgIpc) is 2.89. The zero-order valence-electron chi connectivity index (χ0n) is 10.4. The largest absolute Gasteiger partial charge is 0.460 e. The Labute approximate surface area is 112 Å². The summed E-state index contributed by atoms with van der Waals surface area (Å²) >= 11 is 0. The Balaban J connectivity index is 2.14. The Kier molecular flexibility index (Phi) is 4.24. The van der Waals surface area contributed by atoms with E-state index in [0.717, 1.165) is 0 Å². The van der Waals surface area contributed by atoms with Crippen LogP contribution in [0.4, 0.5) is 8.78 Å². The van der Waals surface area contributed by atoms with Gasteiger partial charge in [0.1, 0.15) is 5.75 Å². The summed E-state index contributed by atoms with van der Waals surface area (Å²) in [6.07, 6.45) is 0. The smallest absolute Gasteiger partial charge is 0.387 e. The minimum Gasteiger partial charge on any atom is -0.460 e. The molecule has 0 aliphatic heterocycles. The number of carbonyl (C=O) groups is 1. The number of halogens is 2. The lowest BCUT2D eigenvalue weighted by molar-refractivity contribution is -0.0498. The number of carbonyl (C=O) groups excluding carboxylic acids is 1. The molecule has 0 aliphatic rings. The van der Waals surface area contributed by atoms with E-state index in [1.165, 1.54) is 24.3 Å². The maximum Gasteiger partial charge on any atom is 0.387 e. The molecule has 0 N–H and O–H groups in total. The van der Waals surface area contributed by atoms with E-state index in [0.29, 0.717) is 5.56 Å². The second-order valence-corrected chi connectivity index (χ2v) is 3.55. The molecular weight excluding hydrogens is 274 g/mol. The third kappa shape index (κ3) is 3.28. The molecule has 2 aromatic rings. The highest BCUT2D eigenvalue weighted by Crippen LogP contribution is 2.22. The van der Waals surface area contributed by atoms with Gasteiger partial charge in [0.25, 0.3) is 11.7 Å². The van der Waals surface area contributed by atoms with Crippen LogP contribution in [0.3, 0.4) is 0 Å².